The lowest BCUT2D eigenvalue weighted by atomic mass is 10.0. The van der Waals surface area contributed by atoms with E-state index in [-0.39, 0.29) is 11.8 Å². The van der Waals surface area contributed by atoms with Crippen LogP contribution in [0.2, 0.25) is 0 Å². The van der Waals surface area contributed by atoms with Crippen LogP contribution in [-0.2, 0) is 14.3 Å². The second-order valence-corrected chi connectivity index (χ2v) is 5.40. The predicted octanol–water partition coefficient (Wildman–Crippen LogP) is 2.02. The fourth-order valence-electron chi connectivity index (χ4n) is 2.61. The number of hydrazone groups is 1. The first-order valence-corrected chi connectivity index (χ1v) is 7.57. The number of carbonyl (C=O) groups is 2. The molecule has 2 aromatic rings. The summed E-state index contributed by atoms with van der Waals surface area (Å²) in [6.07, 6.45) is 0.399. The molecule has 2 aromatic carbocycles. The molecule has 0 radical (unpaired) electrons. The summed E-state index contributed by atoms with van der Waals surface area (Å²) in [4.78, 5) is 22.9. The molecule has 0 aromatic heterocycles. The van der Waals surface area contributed by atoms with Crippen LogP contribution in [0.4, 0.5) is 5.69 Å². The third kappa shape index (κ3) is 3.43. The minimum absolute atomic E-state index is 0.107. The largest absolute Gasteiger partial charge is 0.451 e. The van der Waals surface area contributed by atoms with Gasteiger partial charge in [-0.3, -0.25) is 9.80 Å². The van der Waals surface area contributed by atoms with Crippen molar-refractivity contribution >= 4 is 23.3 Å². The van der Waals surface area contributed by atoms with Crippen LogP contribution in [0.1, 0.15) is 18.0 Å². The maximum atomic E-state index is 12.1. The van der Waals surface area contributed by atoms with Crippen molar-refractivity contribution in [1.29, 1.82) is 0 Å². The van der Waals surface area contributed by atoms with Crippen molar-refractivity contribution in [3.63, 3.8) is 0 Å². The van der Waals surface area contributed by atoms with Crippen molar-refractivity contribution in [1.82, 2.24) is 0 Å². The van der Waals surface area contributed by atoms with Crippen LogP contribution in [0.25, 0.3) is 0 Å². The molecule has 6 heteroatoms. The Kier molecular flexibility index (Phi) is 4.56. The smallest absolute Gasteiger partial charge is 0.355 e. The number of primary amides is 1. The number of amides is 1. The van der Waals surface area contributed by atoms with Crippen molar-refractivity contribution in [3.05, 3.63) is 66.2 Å². The molecule has 2 N–H and O–H groups in total. The van der Waals surface area contributed by atoms with E-state index in [1.165, 1.54) is 0 Å². The highest BCUT2D eigenvalue weighted by molar-refractivity contribution is 6.37. The minimum Gasteiger partial charge on any atom is -0.451 e. The van der Waals surface area contributed by atoms with Crippen molar-refractivity contribution in [2.24, 2.45) is 10.8 Å². The maximum absolute atomic E-state index is 12.1. The van der Waals surface area contributed by atoms with Crippen molar-refractivity contribution in [2.75, 3.05) is 11.6 Å². The van der Waals surface area contributed by atoms with Crippen molar-refractivity contribution in [3.8, 4) is 0 Å². The average molecular weight is 323 g/mol. The Morgan fingerprint density at radius 2 is 1.71 bits per heavy atom. The highest BCUT2D eigenvalue weighted by Gasteiger charge is 2.33. The van der Waals surface area contributed by atoms with Crippen LogP contribution in [-0.4, -0.2) is 24.2 Å². The summed E-state index contributed by atoms with van der Waals surface area (Å²) in [6, 6.07) is 19.3. The monoisotopic (exact) mass is 323 g/mol. The van der Waals surface area contributed by atoms with Gasteiger partial charge in [-0.1, -0.05) is 48.5 Å². The maximum Gasteiger partial charge on any atom is 0.355 e. The number of carbonyl (C=O) groups excluding carboxylic acids is 2. The molecular formula is C18H17N3O3. The lowest BCUT2D eigenvalue weighted by Gasteiger charge is -2.23. The number of hydrogen-bond donors (Lipinski definition) is 1. The SMILES string of the molecule is NC(=O)COC(=O)C1=NN(c2ccccc2)[C@@H](c2ccccc2)C1. The highest BCUT2D eigenvalue weighted by Crippen LogP contribution is 2.35. The summed E-state index contributed by atoms with van der Waals surface area (Å²) < 4.78 is 4.88. The van der Waals surface area contributed by atoms with Gasteiger partial charge in [-0.15, -0.1) is 0 Å². The van der Waals surface area contributed by atoms with E-state index in [2.05, 4.69) is 5.10 Å². The Hall–Kier alpha value is -3.15. The number of esters is 1. The van der Waals surface area contributed by atoms with Gasteiger partial charge in [-0.25, -0.2) is 4.79 Å². The molecule has 0 saturated heterocycles. The number of nitrogens with two attached hydrogens (primary N) is 1. The van der Waals surface area contributed by atoms with Crippen LogP contribution < -0.4 is 10.7 Å². The van der Waals surface area contributed by atoms with Gasteiger partial charge < -0.3 is 10.5 Å². The molecule has 1 aliphatic heterocycles. The van der Waals surface area contributed by atoms with Crippen molar-refractivity contribution in [2.45, 2.75) is 12.5 Å². The Balaban J connectivity index is 1.88. The molecule has 3 rings (SSSR count). The normalized spacial score (nSPS) is 16.6. The quantitative estimate of drug-likeness (QED) is 0.853. The van der Waals surface area contributed by atoms with Crippen LogP contribution in [0.15, 0.2) is 65.8 Å². The first-order valence-electron chi connectivity index (χ1n) is 7.57. The lowest BCUT2D eigenvalue weighted by Crippen LogP contribution is -2.24. The predicted molar refractivity (Wildman–Crippen MR) is 90.3 cm³/mol. The average Bonchev–Trinajstić information content (AvgIpc) is 3.06. The fraction of sp³-hybridized carbons (Fsp3) is 0.167. The summed E-state index contributed by atoms with van der Waals surface area (Å²) in [7, 11) is 0. The topological polar surface area (TPSA) is 85.0 Å². The van der Waals surface area contributed by atoms with E-state index < -0.39 is 18.5 Å². The molecule has 122 valence electrons. The number of rotatable bonds is 5. The lowest BCUT2D eigenvalue weighted by molar-refractivity contribution is -0.141. The summed E-state index contributed by atoms with van der Waals surface area (Å²) in [5, 5.41) is 6.22. The van der Waals surface area contributed by atoms with E-state index in [4.69, 9.17) is 10.5 Å². The molecular weight excluding hydrogens is 306 g/mol. The number of para-hydroxylation sites is 1. The minimum atomic E-state index is -0.693. The Morgan fingerprint density at radius 1 is 1.08 bits per heavy atom. The number of nitrogens with zero attached hydrogens (tertiary/aromatic N) is 2. The molecule has 1 amide bonds. The van der Waals surface area contributed by atoms with E-state index in [0.29, 0.717) is 6.42 Å². The van der Waals surface area contributed by atoms with Gasteiger partial charge in [0.2, 0.25) is 0 Å². The van der Waals surface area contributed by atoms with E-state index in [9.17, 15) is 9.59 Å². The fourth-order valence-corrected chi connectivity index (χ4v) is 2.61. The van der Waals surface area contributed by atoms with Crippen LogP contribution in [0.3, 0.4) is 0 Å². The zero-order chi connectivity index (χ0) is 16.9. The van der Waals surface area contributed by atoms with Gasteiger partial charge in [0.1, 0.15) is 5.71 Å². The van der Waals surface area contributed by atoms with E-state index >= 15 is 0 Å². The molecule has 1 aliphatic rings. The van der Waals surface area contributed by atoms with Gasteiger partial charge in [0, 0.05) is 6.42 Å². The Labute approximate surface area is 139 Å². The van der Waals surface area contributed by atoms with Crippen molar-refractivity contribution < 1.29 is 14.3 Å². The van der Waals surface area contributed by atoms with E-state index in [1.54, 1.807) is 5.01 Å². The molecule has 0 bridgehead atoms. The molecule has 24 heavy (non-hydrogen) atoms. The standard InChI is InChI=1S/C18H17N3O3/c19-17(22)12-24-18(23)15-11-16(13-7-3-1-4-8-13)21(20-15)14-9-5-2-6-10-14/h1-10,16H,11-12H2,(H2,19,22)/t16-/m1/s1. The summed E-state index contributed by atoms with van der Waals surface area (Å²) >= 11 is 0. The van der Waals surface area contributed by atoms with Gasteiger partial charge in [-0.05, 0) is 17.7 Å². The number of anilines is 1. The number of benzene rings is 2. The second-order valence-electron chi connectivity index (χ2n) is 5.40. The molecule has 6 nitrogen and oxygen atoms in total. The molecule has 0 saturated carbocycles. The highest BCUT2D eigenvalue weighted by atomic mass is 16.5. The second kappa shape index (κ2) is 6.95. The molecule has 0 spiro atoms. The van der Waals surface area contributed by atoms with Gasteiger partial charge in [0.25, 0.3) is 5.91 Å². The Bertz CT molecular complexity index is 760. The van der Waals surface area contributed by atoms with Crippen LogP contribution >= 0.6 is 0 Å². The van der Waals surface area contributed by atoms with Gasteiger partial charge in [0.05, 0.1) is 11.7 Å². The first-order chi connectivity index (χ1) is 11.6. The third-order valence-corrected chi connectivity index (χ3v) is 3.70. The molecule has 1 atom stereocenters. The first kappa shape index (κ1) is 15.7. The Morgan fingerprint density at radius 3 is 2.33 bits per heavy atom. The summed E-state index contributed by atoms with van der Waals surface area (Å²) in [5.41, 5.74) is 7.20. The van der Waals surface area contributed by atoms with E-state index in [0.717, 1.165) is 11.3 Å². The number of ether oxygens (including phenoxy) is 1. The summed E-state index contributed by atoms with van der Waals surface area (Å²) in [5.74, 6) is -1.31. The molecule has 1 heterocycles. The third-order valence-electron chi connectivity index (χ3n) is 3.70. The van der Waals surface area contributed by atoms with Gasteiger partial charge in [-0.2, -0.15) is 5.10 Å². The molecule has 0 fully saturated rings. The van der Waals surface area contributed by atoms with Crippen LogP contribution in [0, 0.1) is 0 Å². The van der Waals surface area contributed by atoms with E-state index in [1.807, 2.05) is 60.7 Å². The van der Waals surface area contributed by atoms with Gasteiger partial charge in [0.15, 0.2) is 6.61 Å². The zero-order valence-corrected chi connectivity index (χ0v) is 13.0. The van der Waals surface area contributed by atoms with Crippen LogP contribution in [0.5, 0.6) is 0 Å². The van der Waals surface area contributed by atoms with Gasteiger partial charge >= 0.3 is 5.97 Å². The molecule has 0 unspecified atom stereocenters. The summed E-state index contributed by atoms with van der Waals surface area (Å²) in [6.45, 7) is -0.445. The molecule has 0 aliphatic carbocycles. The number of hydrogen-bond acceptors (Lipinski definition) is 5. The zero-order valence-electron chi connectivity index (χ0n) is 13.0.